The number of benzene rings is 2. The first-order valence-corrected chi connectivity index (χ1v) is 7.34. The molecule has 0 aliphatic carbocycles. The Balaban J connectivity index is 1.73. The van der Waals surface area contributed by atoms with Crippen LogP contribution in [0.3, 0.4) is 0 Å². The van der Waals surface area contributed by atoms with Gasteiger partial charge in [-0.3, -0.25) is 14.9 Å². The van der Waals surface area contributed by atoms with E-state index >= 15 is 0 Å². The summed E-state index contributed by atoms with van der Waals surface area (Å²) in [6.45, 7) is 2.14. The van der Waals surface area contributed by atoms with Crippen LogP contribution in [0.4, 0.5) is 10.1 Å². The molecule has 0 fully saturated rings. The Bertz CT molecular complexity index is 732. The van der Waals surface area contributed by atoms with Gasteiger partial charge in [-0.15, -0.1) is 0 Å². The molecule has 0 atom stereocenters. The first kappa shape index (κ1) is 17.4. The molecule has 0 heterocycles. The molecule has 0 saturated heterocycles. The second-order valence-electron chi connectivity index (χ2n) is 5.21. The summed E-state index contributed by atoms with van der Waals surface area (Å²) in [6.07, 6.45) is 0.150. The molecule has 0 spiro atoms. The molecule has 0 bridgehead atoms. The van der Waals surface area contributed by atoms with E-state index in [1.807, 2.05) is 0 Å². The highest BCUT2D eigenvalue weighted by molar-refractivity contribution is 5.76. The normalized spacial score (nSPS) is 10.2. The first-order valence-electron chi connectivity index (χ1n) is 7.34. The van der Waals surface area contributed by atoms with Gasteiger partial charge < -0.3 is 10.1 Å². The van der Waals surface area contributed by atoms with Crippen molar-refractivity contribution in [1.82, 2.24) is 5.32 Å². The zero-order valence-corrected chi connectivity index (χ0v) is 13.1. The second-order valence-corrected chi connectivity index (χ2v) is 5.21. The highest BCUT2D eigenvalue weighted by atomic mass is 19.1. The van der Waals surface area contributed by atoms with Crippen molar-refractivity contribution < 1.29 is 18.8 Å². The van der Waals surface area contributed by atoms with E-state index in [9.17, 15) is 19.3 Å². The van der Waals surface area contributed by atoms with Gasteiger partial charge in [0.1, 0.15) is 11.6 Å². The predicted molar refractivity (Wildman–Crippen MR) is 86.2 cm³/mol. The number of carbonyl (C=O) groups is 1. The minimum Gasteiger partial charge on any atom is -0.493 e. The molecule has 0 radical (unpaired) electrons. The largest absolute Gasteiger partial charge is 0.493 e. The van der Waals surface area contributed by atoms with Gasteiger partial charge in [-0.05, 0) is 36.2 Å². The first-order chi connectivity index (χ1) is 11.5. The number of aryl methyl sites for hydroxylation is 1. The van der Waals surface area contributed by atoms with Gasteiger partial charge in [0.2, 0.25) is 5.91 Å². The van der Waals surface area contributed by atoms with Crippen LogP contribution in [0.2, 0.25) is 0 Å². The van der Waals surface area contributed by atoms with Crippen LogP contribution in [-0.2, 0) is 11.3 Å². The number of nitrogens with zero attached hydrogens (tertiary/aromatic N) is 1. The lowest BCUT2D eigenvalue weighted by atomic mass is 10.1. The molecule has 2 rings (SSSR count). The molecule has 1 N–H and O–H groups in total. The number of halogens is 1. The molecule has 0 saturated carbocycles. The Hall–Kier alpha value is -2.96. The smallest absolute Gasteiger partial charge is 0.269 e. The fourth-order valence-electron chi connectivity index (χ4n) is 2.03. The van der Waals surface area contributed by atoms with Crippen LogP contribution in [0.1, 0.15) is 17.5 Å². The number of hydrogen-bond donors (Lipinski definition) is 1. The highest BCUT2D eigenvalue weighted by Gasteiger charge is 2.06. The lowest BCUT2D eigenvalue weighted by Crippen LogP contribution is -2.24. The third-order valence-corrected chi connectivity index (χ3v) is 3.36. The Kier molecular flexibility index (Phi) is 5.83. The van der Waals surface area contributed by atoms with Crippen LogP contribution in [0, 0.1) is 22.9 Å². The van der Waals surface area contributed by atoms with Gasteiger partial charge in [-0.25, -0.2) is 4.39 Å². The molecule has 2 aromatic rings. The lowest BCUT2D eigenvalue weighted by molar-refractivity contribution is -0.384. The molecule has 0 aromatic heterocycles. The summed E-state index contributed by atoms with van der Waals surface area (Å²) in [6, 6.07) is 10.3. The van der Waals surface area contributed by atoms with E-state index in [1.165, 1.54) is 30.3 Å². The van der Waals surface area contributed by atoms with Gasteiger partial charge in [-0.2, -0.15) is 0 Å². The lowest BCUT2D eigenvalue weighted by Gasteiger charge is -2.08. The number of ether oxygens (including phenoxy) is 1. The molecule has 24 heavy (non-hydrogen) atoms. The molecule has 6 nitrogen and oxygen atoms in total. The van der Waals surface area contributed by atoms with E-state index in [1.54, 1.807) is 19.1 Å². The van der Waals surface area contributed by atoms with Gasteiger partial charge in [0.05, 0.1) is 18.0 Å². The zero-order chi connectivity index (χ0) is 17.5. The number of amides is 1. The van der Waals surface area contributed by atoms with Gasteiger partial charge in [-0.1, -0.05) is 12.1 Å². The van der Waals surface area contributed by atoms with E-state index in [-0.39, 0.29) is 30.4 Å². The van der Waals surface area contributed by atoms with Gasteiger partial charge in [0.15, 0.2) is 0 Å². The predicted octanol–water partition coefficient (Wildman–Crippen LogP) is 3.13. The van der Waals surface area contributed by atoms with E-state index < -0.39 is 4.92 Å². The Morgan fingerprint density at radius 2 is 1.96 bits per heavy atom. The molecular weight excluding hydrogens is 315 g/mol. The summed E-state index contributed by atoms with van der Waals surface area (Å²) in [5.41, 5.74) is 1.33. The topological polar surface area (TPSA) is 81.5 Å². The Morgan fingerprint density at radius 1 is 1.25 bits per heavy atom. The molecule has 1 amide bonds. The van der Waals surface area contributed by atoms with Crippen LogP contribution in [-0.4, -0.2) is 17.4 Å². The summed E-state index contributed by atoms with van der Waals surface area (Å²) in [5.74, 6) is -0.0111. The standard InChI is InChI=1S/C17H17FN2O4/c1-12-10-13(2-7-16(12)18)11-19-17(21)8-9-24-15-5-3-14(4-6-15)20(22)23/h2-7,10H,8-9,11H2,1H3,(H,19,21). The number of carbonyl (C=O) groups excluding carboxylic acids is 1. The average molecular weight is 332 g/mol. The second kappa shape index (κ2) is 8.05. The number of hydrogen-bond acceptors (Lipinski definition) is 4. The van der Waals surface area contributed by atoms with Crippen molar-refractivity contribution in [2.75, 3.05) is 6.61 Å². The maximum atomic E-state index is 13.2. The molecule has 7 heteroatoms. The molecule has 0 unspecified atom stereocenters. The van der Waals surface area contributed by atoms with Gasteiger partial charge >= 0.3 is 0 Å². The fourth-order valence-corrected chi connectivity index (χ4v) is 2.03. The van der Waals surface area contributed by atoms with Crippen LogP contribution in [0.5, 0.6) is 5.75 Å². The van der Waals surface area contributed by atoms with Crippen molar-refractivity contribution in [3.8, 4) is 5.75 Å². The summed E-state index contributed by atoms with van der Waals surface area (Å²) in [7, 11) is 0. The van der Waals surface area contributed by atoms with Crippen molar-refractivity contribution in [1.29, 1.82) is 0 Å². The number of rotatable bonds is 7. The average Bonchev–Trinajstić information content (AvgIpc) is 2.56. The summed E-state index contributed by atoms with van der Waals surface area (Å²) in [4.78, 5) is 21.8. The van der Waals surface area contributed by atoms with Gasteiger partial charge in [0.25, 0.3) is 5.69 Å². The van der Waals surface area contributed by atoms with Crippen molar-refractivity contribution >= 4 is 11.6 Å². The fraction of sp³-hybridized carbons (Fsp3) is 0.235. The SMILES string of the molecule is Cc1cc(CNC(=O)CCOc2ccc([N+](=O)[O-])cc2)ccc1F. The van der Waals surface area contributed by atoms with E-state index in [0.717, 1.165) is 5.56 Å². The number of nitro groups is 1. The third-order valence-electron chi connectivity index (χ3n) is 3.36. The van der Waals surface area contributed by atoms with Crippen molar-refractivity contribution in [2.24, 2.45) is 0 Å². The minimum atomic E-state index is -0.492. The molecule has 126 valence electrons. The van der Waals surface area contributed by atoms with E-state index in [4.69, 9.17) is 4.74 Å². The van der Waals surface area contributed by atoms with Crippen molar-refractivity contribution in [2.45, 2.75) is 19.9 Å². The van der Waals surface area contributed by atoms with Crippen LogP contribution >= 0.6 is 0 Å². The molecule has 2 aromatic carbocycles. The molecule has 0 aliphatic heterocycles. The van der Waals surface area contributed by atoms with Crippen LogP contribution < -0.4 is 10.1 Å². The zero-order valence-electron chi connectivity index (χ0n) is 13.1. The maximum Gasteiger partial charge on any atom is 0.269 e. The van der Waals surface area contributed by atoms with Gasteiger partial charge in [0, 0.05) is 18.7 Å². The summed E-state index contributed by atoms with van der Waals surface area (Å²) >= 11 is 0. The van der Waals surface area contributed by atoms with Crippen molar-refractivity contribution in [3.63, 3.8) is 0 Å². The molecular formula is C17H17FN2O4. The monoisotopic (exact) mass is 332 g/mol. The number of nitro benzene ring substituents is 1. The molecule has 0 aliphatic rings. The minimum absolute atomic E-state index is 0.0188. The van der Waals surface area contributed by atoms with Crippen LogP contribution in [0.15, 0.2) is 42.5 Å². The third kappa shape index (κ3) is 5.05. The van der Waals surface area contributed by atoms with E-state index in [2.05, 4.69) is 5.32 Å². The Morgan fingerprint density at radius 3 is 2.58 bits per heavy atom. The maximum absolute atomic E-state index is 13.2. The van der Waals surface area contributed by atoms with Crippen LogP contribution in [0.25, 0.3) is 0 Å². The highest BCUT2D eigenvalue weighted by Crippen LogP contribution is 2.17. The van der Waals surface area contributed by atoms with Crippen molar-refractivity contribution in [3.05, 3.63) is 69.5 Å². The van der Waals surface area contributed by atoms with E-state index in [0.29, 0.717) is 17.9 Å². The Labute approximate surface area is 138 Å². The number of nitrogens with one attached hydrogen (secondary N) is 1. The quantitative estimate of drug-likeness (QED) is 0.624. The summed E-state index contributed by atoms with van der Waals surface area (Å²) < 4.78 is 18.5. The summed E-state index contributed by atoms with van der Waals surface area (Å²) in [5, 5.41) is 13.3. The number of non-ortho nitro benzene ring substituents is 1.